The molecule has 0 amide bonds. The van der Waals surface area contributed by atoms with Crippen molar-refractivity contribution < 1.29 is 4.74 Å². The van der Waals surface area contributed by atoms with Crippen LogP contribution in [-0.2, 0) is 6.54 Å². The van der Waals surface area contributed by atoms with E-state index in [-0.39, 0.29) is 0 Å². The van der Waals surface area contributed by atoms with Crippen LogP contribution in [-0.4, -0.2) is 12.0 Å². The monoisotopic (exact) mass is 342 g/mol. The lowest BCUT2D eigenvalue weighted by Crippen LogP contribution is -2.06. The van der Waals surface area contributed by atoms with Gasteiger partial charge in [0.2, 0.25) is 5.88 Å². The van der Waals surface area contributed by atoms with Crippen molar-refractivity contribution in [3.8, 4) is 11.6 Å². The molecule has 1 aromatic heterocycles. The Kier molecular flexibility index (Phi) is 4.18. The zero-order valence-electron chi connectivity index (χ0n) is 11.6. The summed E-state index contributed by atoms with van der Waals surface area (Å²) >= 11 is 3.42. The molecule has 0 fully saturated rings. The Hall–Kier alpha value is -1.91. The summed E-state index contributed by atoms with van der Waals surface area (Å²) in [4.78, 5) is 4.47. The number of nitrogens with zero attached hydrogens (tertiary/aromatic N) is 1. The van der Waals surface area contributed by atoms with E-state index >= 15 is 0 Å². The molecule has 21 heavy (non-hydrogen) atoms. The molecule has 4 heteroatoms. The molecule has 2 aromatic carbocycles. The van der Waals surface area contributed by atoms with Gasteiger partial charge in [0.05, 0.1) is 0 Å². The third-order valence-electron chi connectivity index (χ3n) is 3.24. The van der Waals surface area contributed by atoms with Crippen molar-refractivity contribution in [1.82, 2.24) is 10.3 Å². The van der Waals surface area contributed by atoms with Crippen LogP contribution in [0.2, 0.25) is 0 Å². The molecular formula is C17H15BrN2O. The zero-order chi connectivity index (χ0) is 14.7. The van der Waals surface area contributed by atoms with Gasteiger partial charge in [0.1, 0.15) is 5.75 Å². The largest absolute Gasteiger partial charge is 0.438 e. The highest BCUT2D eigenvalue weighted by molar-refractivity contribution is 9.10. The Morgan fingerprint density at radius 3 is 2.48 bits per heavy atom. The first-order valence-electron chi connectivity index (χ1n) is 6.72. The summed E-state index contributed by atoms with van der Waals surface area (Å²) in [5.41, 5.74) is 1.16. The lowest BCUT2D eigenvalue weighted by Gasteiger charge is -2.11. The highest BCUT2D eigenvalue weighted by atomic mass is 79.9. The average Bonchev–Trinajstić information content (AvgIpc) is 2.52. The molecule has 1 heterocycles. The Morgan fingerprint density at radius 1 is 1.05 bits per heavy atom. The minimum atomic E-state index is 0.632. The van der Waals surface area contributed by atoms with Gasteiger partial charge in [0.15, 0.2) is 0 Å². The molecule has 0 radical (unpaired) electrons. The maximum atomic E-state index is 5.93. The molecule has 0 bridgehead atoms. The fourth-order valence-corrected chi connectivity index (χ4v) is 2.52. The Balaban J connectivity index is 2.03. The second-order valence-corrected chi connectivity index (χ2v) is 5.64. The van der Waals surface area contributed by atoms with Gasteiger partial charge in [0.25, 0.3) is 0 Å². The molecule has 0 aliphatic heterocycles. The summed E-state index contributed by atoms with van der Waals surface area (Å²) in [5, 5.41) is 5.35. The van der Waals surface area contributed by atoms with E-state index < -0.39 is 0 Å². The molecule has 0 aliphatic rings. The molecule has 0 aliphatic carbocycles. The third kappa shape index (κ3) is 3.06. The van der Waals surface area contributed by atoms with E-state index in [9.17, 15) is 0 Å². The van der Waals surface area contributed by atoms with Gasteiger partial charge in [-0.3, -0.25) is 0 Å². The van der Waals surface area contributed by atoms with Crippen molar-refractivity contribution in [2.45, 2.75) is 6.54 Å². The summed E-state index contributed by atoms with van der Waals surface area (Å²) < 4.78 is 6.95. The van der Waals surface area contributed by atoms with E-state index in [1.54, 1.807) is 0 Å². The van der Waals surface area contributed by atoms with Crippen LogP contribution in [0.3, 0.4) is 0 Å². The number of hydrogen-bond donors (Lipinski definition) is 1. The minimum absolute atomic E-state index is 0.632. The first-order valence-corrected chi connectivity index (χ1v) is 7.52. The van der Waals surface area contributed by atoms with E-state index in [4.69, 9.17) is 4.74 Å². The lowest BCUT2D eigenvalue weighted by atomic mass is 10.1. The van der Waals surface area contributed by atoms with Crippen LogP contribution in [0.15, 0.2) is 59.2 Å². The highest BCUT2D eigenvalue weighted by Crippen LogP contribution is 2.30. The maximum Gasteiger partial charge on any atom is 0.227 e. The summed E-state index contributed by atoms with van der Waals surface area (Å²) in [6, 6.07) is 15.9. The van der Waals surface area contributed by atoms with Crippen molar-refractivity contribution in [3.05, 3.63) is 64.8 Å². The van der Waals surface area contributed by atoms with Gasteiger partial charge >= 0.3 is 0 Å². The molecule has 3 aromatic rings. The molecule has 0 saturated heterocycles. The molecule has 3 nitrogen and oxygen atoms in total. The molecule has 3 rings (SSSR count). The van der Waals surface area contributed by atoms with Gasteiger partial charge in [-0.15, -0.1) is 0 Å². The number of fused-ring (bicyclic) bond motifs is 1. The predicted octanol–water partition coefficient (Wildman–Crippen LogP) is 4.51. The summed E-state index contributed by atoms with van der Waals surface area (Å²) in [6.45, 7) is 0.784. The summed E-state index contributed by atoms with van der Waals surface area (Å²) in [5.74, 6) is 1.41. The molecule has 0 spiro atoms. The number of aromatic nitrogens is 1. The van der Waals surface area contributed by atoms with Crippen molar-refractivity contribution in [1.29, 1.82) is 0 Å². The van der Waals surface area contributed by atoms with E-state index in [0.29, 0.717) is 5.88 Å². The number of ether oxygens (including phenoxy) is 1. The van der Waals surface area contributed by atoms with E-state index in [0.717, 1.165) is 33.1 Å². The number of hydrogen-bond acceptors (Lipinski definition) is 3. The maximum absolute atomic E-state index is 5.93. The first kappa shape index (κ1) is 14.0. The Labute approximate surface area is 132 Å². The second kappa shape index (κ2) is 6.24. The van der Waals surface area contributed by atoms with Crippen LogP contribution in [0.4, 0.5) is 0 Å². The van der Waals surface area contributed by atoms with Gasteiger partial charge in [-0.1, -0.05) is 34.1 Å². The summed E-state index contributed by atoms with van der Waals surface area (Å²) in [7, 11) is 1.93. The number of nitrogens with one attached hydrogen (secondary N) is 1. The highest BCUT2D eigenvalue weighted by Gasteiger charge is 2.08. The second-order valence-electron chi connectivity index (χ2n) is 4.72. The fraction of sp³-hybridized carbons (Fsp3) is 0.118. The predicted molar refractivity (Wildman–Crippen MR) is 88.7 cm³/mol. The normalized spacial score (nSPS) is 10.8. The van der Waals surface area contributed by atoms with Crippen LogP contribution in [0.25, 0.3) is 10.8 Å². The zero-order valence-corrected chi connectivity index (χ0v) is 13.2. The van der Waals surface area contributed by atoms with Gasteiger partial charge in [-0.25, -0.2) is 4.98 Å². The number of benzene rings is 2. The van der Waals surface area contributed by atoms with Crippen molar-refractivity contribution >= 4 is 26.7 Å². The number of pyridine rings is 1. The molecule has 0 atom stereocenters. The van der Waals surface area contributed by atoms with Crippen LogP contribution in [0.5, 0.6) is 11.6 Å². The Bertz CT molecular complexity index is 756. The molecule has 0 saturated carbocycles. The van der Waals surface area contributed by atoms with Crippen LogP contribution >= 0.6 is 15.9 Å². The van der Waals surface area contributed by atoms with E-state index in [1.807, 2.05) is 55.7 Å². The third-order valence-corrected chi connectivity index (χ3v) is 3.77. The van der Waals surface area contributed by atoms with Crippen molar-refractivity contribution in [3.63, 3.8) is 0 Å². The van der Waals surface area contributed by atoms with Gasteiger partial charge < -0.3 is 10.1 Å². The van der Waals surface area contributed by atoms with Gasteiger partial charge in [0, 0.05) is 22.6 Å². The van der Waals surface area contributed by atoms with Crippen LogP contribution < -0.4 is 10.1 Å². The SMILES string of the molecule is CNCc1cnc(Oc2ccc(Br)cc2)c2ccccc12. The molecule has 1 N–H and O–H groups in total. The van der Waals surface area contributed by atoms with Crippen molar-refractivity contribution in [2.24, 2.45) is 0 Å². The topological polar surface area (TPSA) is 34.2 Å². The quantitative estimate of drug-likeness (QED) is 0.757. The summed E-state index contributed by atoms with van der Waals surface area (Å²) in [6.07, 6.45) is 1.87. The van der Waals surface area contributed by atoms with E-state index in [2.05, 4.69) is 32.3 Å². The Morgan fingerprint density at radius 2 is 1.76 bits per heavy atom. The molecule has 0 unspecified atom stereocenters. The minimum Gasteiger partial charge on any atom is -0.438 e. The first-order chi connectivity index (χ1) is 10.3. The van der Waals surface area contributed by atoms with Crippen LogP contribution in [0, 0.1) is 0 Å². The average molecular weight is 343 g/mol. The lowest BCUT2D eigenvalue weighted by molar-refractivity contribution is 0.468. The smallest absolute Gasteiger partial charge is 0.227 e. The standard InChI is InChI=1S/C17H15BrN2O/c1-19-10-12-11-20-17(16-5-3-2-4-15(12)16)21-14-8-6-13(18)7-9-14/h2-9,11,19H,10H2,1H3. The van der Waals surface area contributed by atoms with Crippen molar-refractivity contribution in [2.75, 3.05) is 7.05 Å². The molecule has 106 valence electrons. The number of halogens is 1. The molecular weight excluding hydrogens is 328 g/mol. The van der Waals surface area contributed by atoms with Crippen LogP contribution in [0.1, 0.15) is 5.56 Å². The van der Waals surface area contributed by atoms with E-state index in [1.165, 1.54) is 0 Å². The fourth-order valence-electron chi connectivity index (χ4n) is 2.25. The number of rotatable bonds is 4. The van der Waals surface area contributed by atoms with Gasteiger partial charge in [-0.2, -0.15) is 0 Å². The van der Waals surface area contributed by atoms with Gasteiger partial charge in [-0.05, 0) is 48.3 Å².